The predicted octanol–water partition coefficient (Wildman–Crippen LogP) is 7.95. The Kier molecular flexibility index (Phi) is 16.5. The van der Waals surface area contributed by atoms with E-state index in [0.717, 1.165) is 32.1 Å². The average molecular weight is 603 g/mol. The molecule has 0 fully saturated rings. The van der Waals surface area contributed by atoms with Crippen molar-refractivity contribution in [2.24, 2.45) is 27.1 Å². The van der Waals surface area contributed by atoms with E-state index in [-0.39, 0.29) is 40.7 Å². The Morgan fingerprint density at radius 3 is 1.79 bits per heavy atom. The van der Waals surface area contributed by atoms with Crippen LogP contribution in [0.3, 0.4) is 0 Å². The van der Waals surface area contributed by atoms with Crippen LogP contribution in [0, 0.1) is 27.1 Å². The zero-order chi connectivity index (χ0) is 32.9. The Labute approximate surface area is 256 Å². The van der Waals surface area contributed by atoms with Crippen molar-refractivity contribution in [1.29, 1.82) is 0 Å². The van der Waals surface area contributed by atoms with E-state index >= 15 is 0 Å². The van der Waals surface area contributed by atoms with Crippen molar-refractivity contribution in [3.63, 3.8) is 0 Å². The maximum Gasteiger partial charge on any atom is 0.327 e. The fourth-order valence-electron chi connectivity index (χ4n) is 3.93. The Morgan fingerprint density at radius 1 is 0.643 bits per heavy atom. The highest BCUT2D eigenvalue weighted by Gasteiger charge is 2.38. The number of halogens is 2. The van der Waals surface area contributed by atoms with Gasteiger partial charge in [0.2, 0.25) is 5.91 Å². The molecule has 248 valence electrons. The molecular weight excluding hydrogens is 538 g/mol. The van der Waals surface area contributed by atoms with Gasteiger partial charge in [0.1, 0.15) is 0 Å². The largest absolute Gasteiger partial charge is 0.381 e. The minimum absolute atomic E-state index is 0.0114. The Bertz CT molecular complexity index is 837. The lowest BCUT2D eigenvalue weighted by atomic mass is 9.79. The van der Waals surface area contributed by atoms with Crippen molar-refractivity contribution in [2.45, 2.75) is 128 Å². The molecule has 2 amide bonds. The molecule has 8 heteroatoms. The van der Waals surface area contributed by atoms with Gasteiger partial charge in [0.15, 0.2) is 0 Å². The van der Waals surface area contributed by atoms with Crippen molar-refractivity contribution >= 4 is 11.8 Å². The van der Waals surface area contributed by atoms with Gasteiger partial charge in [-0.05, 0) is 47.3 Å². The number of allylic oxidation sites excluding steroid dienone is 1. The van der Waals surface area contributed by atoms with Crippen molar-refractivity contribution in [2.75, 3.05) is 39.5 Å². The number of alkyl halides is 2. The summed E-state index contributed by atoms with van der Waals surface area (Å²) in [6, 6.07) is 0. The van der Waals surface area contributed by atoms with Crippen LogP contribution < -0.4 is 10.6 Å². The molecule has 0 rings (SSSR count). The summed E-state index contributed by atoms with van der Waals surface area (Å²) in [4.78, 5) is 24.7. The first-order valence-corrected chi connectivity index (χ1v) is 15.6. The van der Waals surface area contributed by atoms with Crippen LogP contribution >= 0.6 is 0 Å². The van der Waals surface area contributed by atoms with Crippen LogP contribution in [-0.4, -0.2) is 57.3 Å². The molecule has 0 radical (unpaired) electrons. The lowest BCUT2D eigenvalue weighted by Crippen LogP contribution is -2.44. The van der Waals surface area contributed by atoms with E-state index < -0.39 is 23.7 Å². The molecule has 6 nitrogen and oxygen atoms in total. The standard InChI is InChI=1S/C34H64F2N2O4/c1-29(2,3)23-37-27(39)33(11,12)17-13-15-22-42-26-32(9,10)20-19-31(7,8)24-38-28(40)34(35,36)18-14-16-21-41-25-30(4,5)6/h14,16H,13,15,17-26H2,1-12H3,(H,37,39)(H,38,40)/b16-14+. The van der Waals surface area contributed by atoms with E-state index in [1.165, 1.54) is 12.2 Å². The third kappa shape index (κ3) is 20.4. The molecule has 0 aliphatic heterocycles. The smallest absolute Gasteiger partial charge is 0.327 e. The number of nitrogens with one attached hydrogen (secondary N) is 2. The number of carbonyl (C=O) groups is 2. The number of amides is 2. The van der Waals surface area contributed by atoms with Gasteiger partial charge in [-0.1, -0.05) is 102 Å². The summed E-state index contributed by atoms with van der Waals surface area (Å²) in [5, 5.41) is 5.52. The summed E-state index contributed by atoms with van der Waals surface area (Å²) in [7, 11) is 0. The molecule has 42 heavy (non-hydrogen) atoms. The van der Waals surface area contributed by atoms with Crippen molar-refractivity contribution < 1.29 is 27.8 Å². The molecular formula is C34H64F2N2O4. The monoisotopic (exact) mass is 602 g/mol. The summed E-state index contributed by atoms with van der Waals surface area (Å²) >= 11 is 0. The molecule has 0 bridgehead atoms. The van der Waals surface area contributed by atoms with Gasteiger partial charge in [-0.25, -0.2) is 0 Å². The summed E-state index contributed by atoms with van der Waals surface area (Å²) in [6.07, 6.45) is 6.40. The number of ether oxygens (including phenoxy) is 2. The third-order valence-electron chi connectivity index (χ3n) is 7.06. The van der Waals surface area contributed by atoms with Crippen molar-refractivity contribution in [3.05, 3.63) is 12.2 Å². The molecule has 0 spiro atoms. The molecule has 0 saturated carbocycles. The van der Waals surface area contributed by atoms with Crippen LogP contribution in [0.2, 0.25) is 0 Å². The van der Waals surface area contributed by atoms with E-state index in [1.807, 2.05) is 48.5 Å². The SMILES string of the molecule is CC(C)(C)CNC(=O)C(C)(C)CCCCOCC(C)(C)CCC(C)(C)CNC(=O)C(F)(F)C/C=C/COCC(C)(C)C. The zero-order valence-corrected chi connectivity index (χ0v) is 29.0. The highest BCUT2D eigenvalue weighted by Crippen LogP contribution is 2.31. The second-order valence-corrected chi connectivity index (χ2v) is 16.6. The molecule has 0 unspecified atom stereocenters. The van der Waals surface area contributed by atoms with E-state index in [2.05, 4.69) is 45.3 Å². The normalized spacial score (nSPS) is 14.0. The van der Waals surface area contributed by atoms with Gasteiger partial charge in [-0.15, -0.1) is 0 Å². The quantitative estimate of drug-likeness (QED) is 0.110. The van der Waals surface area contributed by atoms with Crippen LogP contribution in [-0.2, 0) is 19.1 Å². The van der Waals surface area contributed by atoms with Crippen molar-refractivity contribution in [3.8, 4) is 0 Å². The number of unbranched alkanes of at least 4 members (excludes halogenated alkanes) is 1. The van der Waals surface area contributed by atoms with Gasteiger partial charge >= 0.3 is 5.92 Å². The highest BCUT2D eigenvalue weighted by molar-refractivity contribution is 5.83. The zero-order valence-electron chi connectivity index (χ0n) is 29.0. The van der Waals surface area contributed by atoms with Crippen molar-refractivity contribution in [1.82, 2.24) is 10.6 Å². The summed E-state index contributed by atoms with van der Waals surface area (Å²) in [5.41, 5.74) is -0.760. The topological polar surface area (TPSA) is 76.7 Å². The molecule has 0 aromatic rings. The fourth-order valence-corrected chi connectivity index (χ4v) is 3.93. The van der Waals surface area contributed by atoms with Crippen LogP contribution in [0.5, 0.6) is 0 Å². The number of rotatable bonds is 20. The molecule has 0 saturated heterocycles. The molecule has 0 atom stereocenters. The van der Waals surface area contributed by atoms with Gasteiger partial charge in [0, 0.05) is 31.5 Å². The average Bonchev–Trinajstić information content (AvgIpc) is 2.83. The third-order valence-corrected chi connectivity index (χ3v) is 7.06. The van der Waals surface area contributed by atoms with Crippen LogP contribution in [0.4, 0.5) is 8.78 Å². The molecule has 2 N–H and O–H groups in total. The van der Waals surface area contributed by atoms with Crippen LogP contribution in [0.15, 0.2) is 12.2 Å². The van der Waals surface area contributed by atoms with E-state index in [0.29, 0.717) is 26.4 Å². The van der Waals surface area contributed by atoms with Gasteiger partial charge in [0.25, 0.3) is 5.91 Å². The van der Waals surface area contributed by atoms with Gasteiger partial charge in [0.05, 0.1) is 19.8 Å². The number of carbonyl (C=O) groups excluding carboxylic acids is 2. The number of hydrogen-bond acceptors (Lipinski definition) is 4. The maximum atomic E-state index is 14.3. The van der Waals surface area contributed by atoms with E-state index in [4.69, 9.17) is 9.47 Å². The minimum atomic E-state index is -3.46. The van der Waals surface area contributed by atoms with E-state index in [1.54, 1.807) is 0 Å². The molecule has 0 aliphatic carbocycles. The molecule has 0 aromatic carbocycles. The fraction of sp³-hybridized carbons (Fsp3) is 0.882. The van der Waals surface area contributed by atoms with Gasteiger partial charge < -0.3 is 20.1 Å². The lowest BCUT2D eigenvalue weighted by Gasteiger charge is -2.31. The molecule has 0 aromatic heterocycles. The van der Waals surface area contributed by atoms with E-state index in [9.17, 15) is 18.4 Å². The Hall–Kier alpha value is -1.54. The first-order valence-electron chi connectivity index (χ1n) is 15.6. The molecule has 0 aliphatic rings. The minimum Gasteiger partial charge on any atom is -0.381 e. The first-order chi connectivity index (χ1) is 18.9. The first kappa shape index (κ1) is 40.5. The predicted molar refractivity (Wildman–Crippen MR) is 170 cm³/mol. The second kappa shape index (κ2) is 17.1. The Morgan fingerprint density at radius 2 is 1.21 bits per heavy atom. The Balaban J connectivity index is 4.36. The van der Waals surface area contributed by atoms with Crippen LogP contribution in [0.25, 0.3) is 0 Å². The van der Waals surface area contributed by atoms with Crippen LogP contribution in [0.1, 0.15) is 122 Å². The second-order valence-electron chi connectivity index (χ2n) is 16.6. The maximum absolute atomic E-state index is 14.3. The number of hydrogen-bond donors (Lipinski definition) is 2. The van der Waals surface area contributed by atoms with Gasteiger partial charge in [-0.2, -0.15) is 8.78 Å². The summed E-state index contributed by atoms with van der Waals surface area (Å²) < 4.78 is 40.1. The lowest BCUT2D eigenvalue weighted by molar-refractivity contribution is -0.145. The highest BCUT2D eigenvalue weighted by atomic mass is 19.3. The summed E-state index contributed by atoms with van der Waals surface area (Å²) in [5.74, 6) is -4.61. The summed E-state index contributed by atoms with van der Waals surface area (Å²) in [6.45, 7) is 27.5. The molecule has 0 heterocycles. The van der Waals surface area contributed by atoms with Gasteiger partial charge in [-0.3, -0.25) is 9.59 Å².